The topological polar surface area (TPSA) is 42.2 Å². The number of rotatable bonds is 3. The van der Waals surface area contributed by atoms with E-state index < -0.39 is 0 Å². The molecule has 3 aromatic rings. The van der Waals surface area contributed by atoms with E-state index in [-0.39, 0.29) is 6.04 Å². The normalized spacial score (nSPS) is 12.5. The van der Waals surface area contributed by atoms with Gasteiger partial charge in [-0.2, -0.15) is 5.10 Å². The van der Waals surface area contributed by atoms with Gasteiger partial charge in [-0.3, -0.25) is 0 Å². The van der Waals surface area contributed by atoms with Crippen LogP contribution in [0.5, 0.6) is 0 Å². The van der Waals surface area contributed by atoms with Crippen LogP contribution in [0.15, 0.2) is 53.3 Å². The number of fused-ring (bicyclic) bond motifs is 1. The molecule has 19 heavy (non-hydrogen) atoms. The van der Waals surface area contributed by atoms with Crippen molar-refractivity contribution in [2.75, 3.05) is 5.32 Å². The van der Waals surface area contributed by atoms with Gasteiger partial charge in [0.15, 0.2) is 5.65 Å². The van der Waals surface area contributed by atoms with Gasteiger partial charge < -0.3 is 5.32 Å². The molecular weight excluding hydrogens is 304 g/mol. The fraction of sp³-hybridized carbons (Fsp3) is 0.143. The third-order valence-corrected chi connectivity index (χ3v) is 3.55. The van der Waals surface area contributed by atoms with Gasteiger partial charge in [0.05, 0.1) is 10.7 Å². The number of anilines is 1. The minimum absolute atomic E-state index is 0.206. The molecule has 0 radical (unpaired) electrons. The summed E-state index contributed by atoms with van der Waals surface area (Å²) < 4.78 is 2.63. The van der Waals surface area contributed by atoms with Crippen molar-refractivity contribution in [2.24, 2.45) is 0 Å². The fourth-order valence-electron chi connectivity index (χ4n) is 1.97. The zero-order valence-electron chi connectivity index (χ0n) is 10.4. The van der Waals surface area contributed by atoms with Crippen molar-refractivity contribution in [3.05, 3.63) is 58.8 Å². The van der Waals surface area contributed by atoms with E-state index in [0.717, 1.165) is 15.9 Å². The Morgan fingerprint density at radius 1 is 1.21 bits per heavy atom. The molecule has 0 bridgehead atoms. The highest BCUT2D eigenvalue weighted by Crippen LogP contribution is 2.20. The average Bonchev–Trinajstić information content (AvgIpc) is 2.81. The maximum atomic E-state index is 4.54. The van der Waals surface area contributed by atoms with Crippen LogP contribution in [0.2, 0.25) is 0 Å². The summed E-state index contributed by atoms with van der Waals surface area (Å²) in [6, 6.07) is 12.4. The second-order valence-electron chi connectivity index (χ2n) is 4.35. The summed E-state index contributed by atoms with van der Waals surface area (Å²) in [4.78, 5) is 4.54. The summed E-state index contributed by atoms with van der Waals surface area (Å²) in [6.07, 6.45) is 3.64. The molecule has 1 N–H and O–H groups in total. The van der Waals surface area contributed by atoms with Crippen LogP contribution in [0, 0.1) is 0 Å². The summed E-state index contributed by atoms with van der Waals surface area (Å²) in [5.41, 5.74) is 2.04. The number of nitrogens with zero attached hydrogens (tertiary/aromatic N) is 3. The molecule has 2 aromatic heterocycles. The number of hydrogen-bond donors (Lipinski definition) is 1. The summed E-state index contributed by atoms with van der Waals surface area (Å²) in [6.45, 7) is 2.12. The van der Waals surface area contributed by atoms with E-state index in [9.17, 15) is 0 Å². The summed E-state index contributed by atoms with van der Waals surface area (Å²) >= 11 is 3.44. The van der Waals surface area contributed by atoms with Crippen LogP contribution in [0.1, 0.15) is 18.5 Å². The highest BCUT2D eigenvalue weighted by Gasteiger charge is 2.07. The lowest BCUT2D eigenvalue weighted by molar-refractivity contribution is 0.867. The monoisotopic (exact) mass is 316 g/mol. The largest absolute Gasteiger partial charge is 0.363 e. The van der Waals surface area contributed by atoms with Gasteiger partial charge in [0.2, 0.25) is 0 Å². The Morgan fingerprint density at radius 2 is 2.00 bits per heavy atom. The Bertz CT molecular complexity index is 693. The van der Waals surface area contributed by atoms with Crippen LogP contribution in [0.4, 0.5) is 5.82 Å². The Hall–Kier alpha value is -1.88. The van der Waals surface area contributed by atoms with E-state index in [1.807, 2.05) is 30.5 Å². The molecule has 0 aliphatic heterocycles. The van der Waals surface area contributed by atoms with Crippen LogP contribution in [0.25, 0.3) is 5.65 Å². The molecule has 1 aromatic carbocycles. The summed E-state index contributed by atoms with van der Waals surface area (Å²) in [7, 11) is 0. The lowest BCUT2D eigenvalue weighted by Gasteiger charge is -2.14. The van der Waals surface area contributed by atoms with Crippen LogP contribution < -0.4 is 5.32 Å². The quantitative estimate of drug-likeness (QED) is 0.801. The first-order valence-corrected chi connectivity index (χ1v) is 6.85. The molecule has 0 saturated heterocycles. The number of halogens is 1. The second-order valence-corrected chi connectivity index (χ2v) is 5.20. The van der Waals surface area contributed by atoms with Gasteiger partial charge in [0.1, 0.15) is 5.82 Å². The van der Waals surface area contributed by atoms with E-state index in [2.05, 4.69) is 50.4 Å². The van der Waals surface area contributed by atoms with Gasteiger partial charge in [-0.15, -0.1) is 0 Å². The first-order chi connectivity index (χ1) is 9.24. The molecule has 1 unspecified atom stereocenters. The maximum absolute atomic E-state index is 4.54. The lowest BCUT2D eigenvalue weighted by atomic mass is 10.1. The molecule has 0 amide bonds. The second kappa shape index (κ2) is 5.01. The Balaban J connectivity index is 1.87. The van der Waals surface area contributed by atoms with Crippen molar-refractivity contribution in [2.45, 2.75) is 13.0 Å². The van der Waals surface area contributed by atoms with Crippen molar-refractivity contribution in [1.29, 1.82) is 0 Å². The first-order valence-electron chi connectivity index (χ1n) is 6.05. The molecule has 1 atom stereocenters. The zero-order valence-corrected chi connectivity index (χ0v) is 12.0. The van der Waals surface area contributed by atoms with Gasteiger partial charge in [-0.25, -0.2) is 9.50 Å². The predicted molar refractivity (Wildman–Crippen MR) is 79.2 cm³/mol. The summed E-state index contributed by atoms with van der Waals surface area (Å²) in [5.74, 6) is 0.838. The van der Waals surface area contributed by atoms with Gasteiger partial charge in [-0.1, -0.05) is 30.3 Å². The zero-order chi connectivity index (χ0) is 13.2. The van der Waals surface area contributed by atoms with Crippen molar-refractivity contribution >= 4 is 27.4 Å². The highest BCUT2D eigenvalue weighted by molar-refractivity contribution is 9.10. The fourth-order valence-corrected chi connectivity index (χ4v) is 2.33. The first kappa shape index (κ1) is 12.2. The minimum atomic E-state index is 0.206. The standard InChI is InChI=1S/C14H13BrN4/c1-10(11-5-3-2-4-6-11)17-13-7-8-19-14(18-13)12(15)9-16-19/h2-10H,1H3,(H,17,18). The number of benzene rings is 1. The van der Waals surface area contributed by atoms with Gasteiger partial charge in [0.25, 0.3) is 0 Å². The molecule has 0 saturated carbocycles. The molecule has 2 heterocycles. The average molecular weight is 317 g/mol. The molecule has 4 nitrogen and oxygen atoms in total. The molecule has 96 valence electrons. The molecule has 0 fully saturated rings. The third-order valence-electron chi connectivity index (χ3n) is 2.99. The van der Waals surface area contributed by atoms with Crippen LogP contribution in [0.3, 0.4) is 0 Å². The molecule has 0 aliphatic rings. The van der Waals surface area contributed by atoms with E-state index >= 15 is 0 Å². The number of aromatic nitrogens is 3. The highest BCUT2D eigenvalue weighted by atomic mass is 79.9. The molecule has 3 rings (SSSR count). The minimum Gasteiger partial charge on any atom is -0.363 e. The van der Waals surface area contributed by atoms with Crippen LogP contribution in [-0.2, 0) is 0 Å². The molecule has 0 aliphatic carbocycles. The maximum Gasteiger partial charge on any atom is 0.171 e. The van der Waals surface area contributed by atoms with E-state index in [0.29, 0.717) is 0 Å². The van der Waals surface area contributed by atoms with Crippen molar-refractivity contribution in [3.8, 4) is 0 Å². The predicted octanol–water partition coefficient (Wildman–Crippen LogP) is 3.66. The summed E-state index contributed by atoms with van der Waals surface area (Å²) in [5, 5.41) is 7.57. The van der Waals surface area contributed by atoms with Crippen molar-refractivity contribution in [3.63, 3.8) is 0 Å². The van der Waals surface area contributed by atoms with Crippen molar-refractivity contribution < 1.29 is 0 Å². The van der Waals surface area contributed by atoms with Gasteiger partial charge in [0, 0.05) is 12.2 Å². The van der Waals surface area contributed by atoms with E-state index in [4.69, 9.17) is 0 Å². The third kappa shape index (κ3) is 2.46. The lowest BCUT2D eigenvalue weighted by Crippen LogP contribution is -2.08. The van der Waals surface area contributed by atoms with Gasteiger partial charge >= 0.3 is 0 Å². The Kier molecular flexibility index (Phi) is 3.21. The molecule has 0 spiro atoms. The number of hydrogen-bond acceptors (Lipinski definition) is 3. The Labute approximate surface area is 119 Å². The van der Waals surface area contributed by atoms with Crippen LogP contribution in [-0.4, -0.2) is 14.6 Å². The molecular formula is C14H13BrN4. The van der Waals surface area contributed by atoms with E-state index in [1.165, 1.54) is 5.56 Å². The SMILES string of the molecule is CC(Nc1ccn2ncc(Br)c2n1)c1ccccc1. The number of nitrogens with one attached hydrogen (secondary N) is 1. The van der Waals surface area contributed by atoms with Crippen molar-refractivity contribution in [1.82, 2.24) is 14.6 Å². The van der Waals surface area contributed by atoms with Crippen LogP contribution >= 0.6 is 15.9 Å². The molecule has 5 heteroatoms. The Morgan fingerprint density at radius 3 is 2.79 bits per heavy atom. The smallest absolute Gasteiger partial charge is 0.171 e. The van der Waals surface area contributed by atoms with E-state index in [1.54, 1.807) is 10.7 Å². The van der Waals surface area contributed by atoms with Gasteiger partial charge in [-0.05, 0) is 34.5 Å².